The standard InChI is InChI=1S/C12H19ClN2/c1-3-9(2)12(14)8-15-11-6-4-10(13)5-7-11/h4-7,9,12,15H,3,8,14H2,1-2H3/t9-,12+/m0/s1. The van der Waals surface area contributed by atoms with Crippen molar-refractivity contribution in [3.05, 3.63) is 29.3 Å². The van der Waals surface area contributed by atoms with E-state index in [1.165, 1.54) is 0 Å². The average Bonchev–Trinajstić information content (AvgIpc) is 2.26. The molecule has 0 aliphatic rings. The van der Waals surface area contributed by atoms with Gasteiger partial charge < -0.3 is 11.1 Å². The zero-order chi connectivity index (χ0) is 11.3. The Morgan fingerprint density at radius 1 is 1.33 bits per heavy atom. The molecule has 1 aromatic rings. The van der Waals surface area contributed by atoms with Gasteiger partial charge in [0.1, 0.15) is 0 Å². The van der Waals surface area contributed by atoms with Crippen molar-refractivity contribution in [1.29, 1.82) is 0 Å². The van der Waals surface area contributed by atoms with Gasteiger partial charge in [0.05, 0.1) is 0 Å². The lowest BCUT2D eigenvalue weighted by atomic mass is 10.0. The van der Waals surface area contributed by atoms with Gasteiger partial charge in [-0.05, 0) is 30.2 Å². The Labute approximate surface area is 96.8 Å². The Kier molecular flexibility index (Phi) is 4.92. The van der Waals surface area contributed by atoms with Crippen LogP contribution in [0.1, 0.15) is 20.3 Å². The minimum absolute atomic E-state index is 0.200. The number of hydrogen-bond donors (Lipinski definition) is 2. The summed E-state index contributed by atoms with van der Waals surface area (Å²) in [6.45, 7) is 5.14. The Balaban J connectivity index is 2.40. The van der Waals surface area contributed by atoms with Crippen LogP contribution in [0.2, 0.25) is 5.02 Å². The summed E-state index contributed by atoms with van der Waals surface area (Å²) in [5.41, 5.74) is 7.08. The summed E-state index contributed by atoms with van der Waals surface area (Å²) in [7, 11) is 0. The second kappa shape index (κ2) is 5.99. The molecule has 2 atom stereocenters. The molecule has 0 amide bonds. The second-order valence-corrected chi connectivity index (χ2v) is 4.37. The smallest absolute Gasteiger partial charge is 0.0407 e. The number of halogens is 1. The second-order valence-electron chi connectivity index (χ2n) is 3.94. The van der Waals surface area contributed by atoms with Crippen molar-refractivity contribution in [1.82, 2.24) is 0 Å². The van der Waals surface area contributed by atoms with Crippen molar-refractivity contribution >= 4 is 17.3 Å². The van der Waals surface area contributed by atoms with Gasteiger partial charge in [-0.15, -0.1) is 0 Å². The van der Waals surface area contributed by atoms with Crippen LogP contribution in [0, 0.1) is 5.92 Å². The maximum atomic E-state index is 6.02. The van der Waals surface area contributed by atoms with Gasteiger partial charge in [-0.2, -0.15) is 0 Å². The highest BCUT2D eigenvalue weighted by Crippen LogP contribution is 2.14. The van der Waals surface area contributed by atoms with Crippen LogP contribution in [0.3, 0.4) is 0 Å². The molecule has 0 radical (unpaired) electrons. The summed E-state index contributed by atoms with van der Waals surface area (Å²) < 4.78 is 0. The number of benzene rings is 1. The summed E-state index contributed by atoms with van der Waals surface area (Å²) in [4.78, 5) is 0. The molecule has 15 heavy (non-hydrogen) atoms. The van der Waals surface area contributed by atoms with Crippen molar-refractivity contribution in [3.63, 3.8) is 0 Å². The van der Waals surface area contributed by atoms with Crippen molar-refractivity contribution in [2.24, 2.45) is 11.7 Å². The predicted molar refractivity (Wildman–Crippen MR) is 67.4 cm³/mol. The molecular formula is C12H19ClN2. The molecule has 0 aliphatic carbocycles. The lowest BCUT2D eigenvalue weighted by Gasteiger charge is -2.19. The van der Waals surface area contributed by atoms with E-state index in [9.17, 15) is 0 Å². The van der Waals surface area contributed by atoms with Crippen LogP contribution in [-0.2, 0) is 0 Å². The van der Waals surface area contributed by atoms with Crippen molar-refractivity contribution in [3.8, 4) is 0 Å². The van der Waals surface area contributed by atoms with Gasteiger partial charge in [0.15, 0.2) is 0 Å². The van der Waals surface area contributed by atoms with Crippen LogP contribution >= 0.6 is 11.6 Å². The summed E-state index contributed by atoms with van der Waals surface area (Å²) in [6.07, 6.45) is 1.11. The lowest BCUT2D eigenvalue weighted by molar-refractivity contribution is 0.457. The zero-order valence-corrected chi connectivity index (χ0v) is 10.1. The molecule has 2 nitrogen and oxygen atoms in total. The summed E-state index contributed by atoms with van der Waals surface area (Å²) >= 11 is 5.79. The molecule has 0 saturated carbocycles. The zero-order valence-electron chi connectivity index (χ0n) is 9.33. The molecule has 84 valence electrons. The van der Waals surface area contributed by atoms with E-state index < -0.39 is 0 Å². The molecule has 0 bridgehead atoms. The van der Waals surface area contributed by atoms with Crippen LogP contribution in [0.15, 0.2) is 24.3 Å². The normalized spacial score (nSPS) is 14.7. The van der Waals surface area contributed by atoms with E-state index in [2.05, 4.69) is 19.2 Å². The van der Waals surface area contributed by atoms with E-state index in [1.54, 1.807) is 0 Å². The molecule has 0 unspecified atom stereocenters. The fraction of sp³-hybridized carbons (Fsp3) is 0.500. The topological polar surface area (TPSA) is 38.0 Å². The lowest BCUT2D eigenvalue weighted by Crippen LogP contribution is -2.35. The highest BCUT2D eigenvalue weighted by atomic mass is 35.5. The minimum atomic E-state index is 0.200. The summed E-state index contributed by atoms with van der Waals surface area (Å²) in [5, 5.41) is 4.06. The Morgan fingerprint density at radius 3 is 2.47 bits per heavy atom. The molecule has 1 rings (SSSR count). The van der Waals surface area contributed by atoms with Gasteiger partial charge in [-0.25, -0.2) is 0 Å². The summed E-state index contributed by atoms with van der Waals surface area (Å²) in [5.74, 6) is 0.546. The van der Waals surface area contributed by atoms with E-state index >= 15 is 0 Å². The van der Waals surface area contributed by atoms with Gasteiger partial charge in [0, 0.05) is 23.3 Å². The summed E-state index contributed by atoms with van der Waals surface area (Å²) in [6, 6.07) is 7.87. The van der Waals surface area contributed by atoms with Crippen LogP contribution in [0.4, 0.5) is 5.69 Å². The molecule has 0 aliphatic heterocycles. The molecule has 0 fully saturated rings. The Bertz CT molecular complexity index is 284. The molecule has 0 heterocycles. The van der Waals surface area contributed by atoms with Crippen molar-refractivity contribution in [2.75, 3.05) is 11.9 Å². The quantitative estimate of drug-likeness (QED) is 0.810. The molecule has 3 heteroatoms. The fourth-order valence-corrected chi connectivity index (χ4v) is 1.43. The first-order chi connectivity index (χ1) is 7.13. The molecule has 0 aromatic heterocycles. The van der Waals surface area contributed by atoms with Gasteiger partial charge in [0.25, 0.3) is 0 Å². The molecule has 3 N–H and O–H groups in total. The highest BCUT2D eigenvalue weighted by Gasteiger charge is 2.09. The Hall–Kier alpha value is -0.730. The van der Waals surface area contributed by atoms with E-state index in [0.29, 0.717) is 5.92 Å². The van der Waals surface area contributed by atoms with Gasteiger partial charge in [0.2, 0.25) is 0 Å². The van der Waals surface area contributed by atoms with Crippen LogP contribution in [0.5, 0.6) is 0 Å². The van der Waals surface area contributed by atoms with Gasteiger partial charge >= 0.3 is 0 Å². The Morgan fingerprint density at radius 2 is 1.93 bits per heavy atom. The first-order valence-corrected chi connectivity index (χ1v) is 5.76. The number of hydrogen-bond acceptors (Lipinski definition) is 2. The largest absolute Gasteiger partial charge is 0.383 e. The van der Waals surface area contributed by atoms with E-state index in [4.69, 9.17) is 17.3 Å². The highest BCUT2D eigenvalue weighted by molar-refractivity contribution is 6.30. The molecule has 1 aromatic carbocycles. The number of nitrogens with two attached hydrogens (primary N) is 1. The first kappa shape index (κ1) is 12.3. The molecular weight excluding hydrogens is 208 g/mol. The SMILES string of the molecule is CC[C@H](C)[C@H](N)CNc1ccc(Cl)cc1. The maximum absolute atomic E-state index is 6.02. The van der Waals surface area contributed by atoms with Crippen molar-refractivity contribution in [2.45, 2.75) is 26.3 Å². The molecule has 0 saturated heterocycles. The third-order valence-corrected chi connectivity index (χ3v) is 3.01. The van der Waals surface area contributed by atoms with Gasteiger partial charge in [-0.1, -0.05) is 31.9 Å². The van der Waals surface area contributed by atoms with Crippen LogP contribution in [-0.4, -0.2) is 12.6 Å². The minimum Gasteiger partial charge on any atom is -0.383 e. The van der Waals surface area contributed by atoms with Gasteiger partial charge in [-0.3, -0.25) is 0 Å². The third kappa shape index (κ3) is 4.10. The van der Waals surface area contributed by atoms with E-state index in [-0.39, 0.29) is 6.04 Å². The number of nitrogens with one attached hydrogen (secondary N) is 1. The van der Waals surface area contributed by atoms with E-state index in [0.717, 1.165) is 23.7 Å². The predicted octanol–water partition coefficient (Wildman–Crippen LogP) is 3.13. The van der Waals surface area contributed by atoms with Crippen LogP contribution < -0.4 is 11.1 Å². The number of anilines is 1. The molecule has 0 spiro atoms. The van der Waals surface area contributed by atoms with E-state index in [1.807, 2.05) is 24.3 Å². The number of rotatable bonds is 5. The first-order valence-electron chi connectivity index (χ1n) is 5.38. The average molecular weight is 227 g/mol. The maximum Gasteiger partial charge on any atom is 0.0407 e. The monoisotopic (exact) mass is 226 g/mol. The third-order valence-electron chi connectivity index (χ3n) is 2.76. The van der Waals surface area contributed by atoms with Crippen molar-refractivity contribution < 1.29 is 0 Å². The van der Waals surface area contributed by atoms with Crippen LogP contribution in [0.25, 0.3) is 0 Å². The fourth-order valence-electron chi connectivity index (χ4n) is 1.31.